The van der Waals surface area contributed by atoms with E-state index in [1.165, 1.54) is 0 Å². The predicted molar refractivity (Wildman–Crippen MR) is 113 cm³/mol. The lowest BCUT2D eigenvalue weighted by Crippen LogP contribution is -2.42. The third-order valence-electron chi connectivity index (χ3n) is 5.49. The maximum Gasteiger partial charge on any atom is 0.193 e. The molecule has 0 unspecified atom stereocenters. The van der Waals surface area contributed by atoms with E-state index < -0.39 is 22.4 Å². The van der Waals surface area contributed by atoms with E-state index in [9.17, 15) is 14.4 Å². The molecule has 3 aromatic rings. The monoisotopic (exact) mass is 402 g/mol. The summed E-state index contributed by atoms with van der Waals surface area (Å²) in [6.07, 6.45) is -0.0393. The standard InChI is InChI=1S/C25H19ClO3/c1-16-8-7-11-18(14-16)22(27)15-21(17-9-3-2-4-10-17)25(26)23(28)19-12-5-6-13-20(19)24(25)29/h2-14,21H,15H2,1H3/t21-/m0/s1. The average molecular weight is 403 g/mol. The minimum Gasteiger partial charge on any atom is -0.294 e. The Morgan fingerprint density at radius 2 is 1.45 bits per heavy atom. The molecule has 4 heteroatoms. The van der Waals surface area contributed by atoms with Gasteiger partial charge in [-0.05, 0) is 18.6 Å². The number of benzene rings is 3. The topological polar surface area (TPSA) is 51.2 Å². The zero-order valence-electron chi connectivity index (χ0n) is 15.9. The van der Waals surface area contributed by atoms with Gasteiger partial charge in [0.1, 0.15) is 0 Å². The van der Waals surface area contributed by atoms with Crippen LogP contribution in [0.4, 0.5) is 0 Å². The summed E-state index contributed by atoms with van der Waals surface area (Å²) in [6, 6.07) is 23.0. The van der Waals surface area contributed by atoms with Gasteiger partial charge in [0.25, 0.3) is 0 Å². The van der Waals surface area contributed by atoms with Gasteiger partial charge in [-0.15, -0.1) is 11.6 Å². The fraction of sp³-hybridized carbons (Fsp3) is 0.160. The first-order chi connectivity index (χ1) is 13.9. The maximum absolute atomic E-state index is 13.3. The summed E-state index contributed by atoms with van der Waals surface area (Å²) in [5.74, 6) is -1.80. The van der Waals surface area contributed by atoms with E-state index >= 15 is 0 Å². The Morgan fingerprint density at radius 3 is 2.03 bits per heavy atom. The molecule has 0 spiro atoms. The molecule has 0 amide bonds. The minimum absolute atomic E-state index is 0.0393. The number of hydrogen-bond acceptors (Lipinski definition) is 3. The molecule has 0 aliphatic heterocycles. The van der Waals surface area contributed by atoms with E-state index in [-0.39, 0.29) is 12.2 Å². The Labute approximate surface area is 174 Å². The number of halogens is 1. The third-order valence-corrected chi connectivity index (χ3v) is 6.10. The van der Waals surface area contributed by atoms with Crippen LogP contribution >= 0.6 is 11.6 Å². The van der Waals surface area contributed by atoms with Gasteiger partial charge in [0.2, 0.25) is 0 Å². The Kier molecular flexibility index (Phi) is 4.93. The predicted octanol–water partition coefficient (Wildman–Crippen LogP) is 5.41. The summed E-state index contributed by atoms with van der Waals surface area (Å²) in [7, 11) is 0. The number of carbonyl (C=O) groups is 3. The number of Topliss-reactive ketones (excluding diaryl/α,β-unsaturated/α-hetero) is 3. The van der Waals surface area contributed by atoms with E-state index in [1.807, 2.05) is 49.4 Å². The molecule has 0 saturated heterocycles. The highest BCUT2D eigenvalue weighted by molar-refractivity contribution is 6.56. The zero-order valence-corrected chi connectivity index (χ0v) is 16.6. The first-order valence-corrected chi connectivity index (χ1v) is 9.83. The zero-order chi connectivity index (χ0) is 20.6. The normalized spacial score (nSPS) is 15.8. The van der Waals surface area contributed by atoms with Gasteiger partial charge < -0.3 is 0 Å². The third kappa shape index (κ3) is 3.22. The fourth-order valence-corrected chi connectivity index (χ4v) is 4.39. The molecular formula is C25H19ClO3. The molecule has 3 nitrogen and oxygen atoms in total. The number of carbonyl (C=O) groups excluding carboxylic acids is 3. The summed E-state index contributed by atoms with van der Waals surface area (Å²) < 4.78 is 0. The van der Waals surface area contributed by atoms with E-state index in [0.717, 1.165) is 5.56 Å². The van der Waals surface area contributed by atoms with Crippen LogP contribution in [-0.2, 0) is 0 Å². The smallest absolute Gasteiger partial charge is 0.193 e. The van der Waals surface area contributed by atoms with Crippen molar-refractivity contribution in [2.45, 2.75) is 24.1 Å². The van der Waals surface area contributed by atoms with Gasteiger partial charge in [0.05, 0.1) is 0 Å². The number of hydrogen-bond donors (Lipinski definition) is 0. The van der Waals surface area contributed by atoms with Gasteiger partial charge >= 0.3 is 0 Å². The molecule has 0 radical (unpaired) electrons. The molecule has 1 atom stereocenters. The quantitative estimate of drug-likeness (QED) is 0.326. The van der Waals surface area contributed by atoms with Gasteiger partial charge in [-0.25, -0.2) is 0 Å². The molecular weight excluding hydrogens is 384 g/mol. The molecule has 0 aromatic heterocycles. The molecule has 144 valence electrons. The highest BCUT2D eigenvalue weighted by atomic mass is 35.5. The maximum atomic E-state index is 13.3. The second kappa shape index (κ2) is 7.41. The van der Waals surface area contributed by atoms with E-state index in [0.29, 0.717) is 22.3 Å². The van der Waals surface area contributed by atoms with Crippen LogP contribution in [-0.4, -0.2) is 22.2 Å². The summed E-state index contributed by atoms with van der Waals surface area (Å²) in [4.78, 5) is 37.8. The average Bonchev–Trinajstić information content (AvgIpc) is 2.94. The van der Waals surface area contributed by atoms with Crippen LogP contribution in [0.25, 0.3) is 0 Å². The van der Waals surface area contributed by atoms with Crippen molar-refractivity contribution in [3.63, 3.8) is 0 Å². The van der Waals surface area contributed by atoms with E-state index in [2.05, 4.69) is 0 Å². The van der Waals surface area contributed by atoms with Crippen LogP contribution in [0.5, 0.6) is 0 Å². The summed E-state index contributed by atoms with van der Waals surface area (Å²) in [6.45, 7) is 1.91. The summed E-state index contributed by atoms with van der Waals surface area (Å²) in [5, 5.41) is 0. The Balaban J connectivity index is 1.79. The van der Waals surface area contributed by atoms with Crippen LogP contribution in [0.15, 0.2) is 78.9 Å². The number of aryl methyl sites for hydroxylation is 1. The second-order valence-electron chi connectivity index (χ2n) is 7.38. The molecule has 0 fully saturated rings. The number of fused-ring (bicyclic) bond motifs is 1. The van der Waals surface area contributed by atoms with Crippen LogP contribution < -0.4 is 0 Å². The SMILES string of the molecule is Cc1cccc(C(=O)C[C@@H](c2ccccc2)C2(Cl)C(=O)c3ccccc3C2=O)c1. The second-order valence-corrected chi connectivity index (χ2v) is 7.97. The summed E-state index contributed by atoms with van der Waals surface area (Å²) >= 11 is 6.85. The van der Waals surface area contributed by atoms with Crippen molar-refractivity contribution in [3.8, 4) is 0 Å². The minimum atomic E-state index is -1.83. The van der Waals surface area contributed by atoms with Crippen molar-refractivity contribution in [1.29, 1.82) is 0 Å². The van der Waals surface area contributed by atoms with Crippen molar-refractivity contribution in [1.82, 2.24) is 0 Å². The van der Waals surface area contributed by atoms with Crippen molar-refractivity contribution in [3.05, 3.63) is 107 Å². The fourth-order valence-electron chi connectivity index (χ4n) is 3.99. The van der Waals surface area contributed by atoms with Crippen LogP contribution in [0.3, 0.4) is 0 Å². The first-order valence-electron chi connectivity index (χ1n) is 9.45. The lowest BCUT2D eigenvalue weighted by molar-refractivity contribution is 0.0829. The number of ketones is 3. The molecule has 0 N–H and O–H groups in total. The molecule has 29 heavy (non-hydrogen) atoms. The molecule has 3 aromatic carbocycles. The van der Waals surface area contributed by atoms with Crippen LogP contribution in [0.2, 0.25) is 0 Å². The lowest BCUT2D eigenvalue weighted by Gasteiger charge is -2.29. The Morgan fingerprint density at radius 1 is 0.862 bits per heavy atom. The molecule has 4 rings (SSSR count). The highest BCUT2D eigenvalue weighted by Gasteiger charge is 2.57. The number of alkyl halides is 1. The molecule has 0 saturated carbocycles. The first kappa shape index (κ1) is 19.3. The Bertz CT molecular complexity index is 1080. The highest BCUT2D eigenvalue weighted by Crippen LogP contribution is 2.46. The van der Waals surface area contributed by atoms with Crippen LogP contribution in [0.1, 0.15) is 54.5 Å². The molecule has 0 bridgehead atoms. The van der Waals surface area contributed by atoms with Crippen molar-refractivity contribution >= 4 is 29.0 Å². The molecule has 1 aliphatic rings. The molecule has 0 heterocycles. The van der Waals surface area contributed by atoms with Gasteiger partial charge in [0.15, 0.2) is 22.2 Å². The lowest BCUT2D eigenvalue weighted by atomic mass is 9.78. The largest absolute Gasteiger partial charge is 0.294 e. The Hall–Kier alpha value is -3.04. The van der Waals surface area contributed by atoms with Crippen molar-refractivity contribution < 1.29 is 14.4 Å². The van der Waals surface area contributed by atoms with Gasteiger partial charge in [-0.3, -0.25) is 14.4 Å². The van der Waals surface area contributed by atoms with Gasteiger partial charge in [0, 0.05) is 29.0 Å². The van der Waals surface area contributed by atoms with E-state index in [1.54, 1.807) is 36.4 Å². The molecule has 1 aliphatic carbocycles. The van der Waals surface area contributed by atoms with Crippen LogP contribution in [0, 0.1) is 6.92 Å². The van der Waals surface area contributed by atoms with E-state index in [4.69, 9.17) is 11.6 Å². The van der Waals surface area contributed by atoms with Gasteiger partial charge in [-0.2, -0.15) is 0 Å². The van der Waals surface area contributed by atoms with Crippen molar-refractivity contribution in [2.24, 2.45) is 0 Å². The number of rotatable bonds is 5. The van der Waals surface area contributed by atoms with Crippen molar-refractivity contribution in [2.75, 3.05) is 0 Å². The van der Waals surface area contributed by atoms with Gasteiger partial charge in [-0.1, -0.05) is 78.4 Å². The summed E-state index contributed by atoms with van der Waals surface area (Å²) in [5.41, 5.74) is 2.83.